The van der Waals surface area contributed by atoms with Gasteiger partial charge in [0.25, 0.3) is 5.91 Å². The molecule has 8 heteroatoms. The first kappa shape index (κ1) is 21.3. The van der Waals surface area contributed by atoms with E-state index in [4.69, 9.17) is 32.7 Å². The van der Waals surface area contributed by atoms with Crippen LogP contribution < -0.4 is 14.8 Å². The van der Waals surface area contributed by atoms with Crippen molar-refractivity contribution >= 4 is 40.7 Å². The minimum absolute atomic E-state index is 0.107. The number of benzene rings is 2. The van der Waals surface area contributed by atoms with Gasteiger partial charge in [0.1, 0.15) is 11.5 Å². The fraction of sp³-hybridized carbons (Fsp3) is 0.333. The van der Waals surface area contributed by atoms with Crippen molar-refractivity contribution in [1.29, 1.82) is 0 Å². The Balaban J connectivity index is 1.71. The molecule has 0 aliphatic carbocycles. The molecule has 1 fully saturated rings. The summed E-state index contributed by atoms with van der Waals surface area (Å²) in [6.07, 6.45) is 1.45. The number of nitrogens with one attached hydrogen (secondary N) is 1. The van der Waals surface area contributed by atoms with E-state index in [1.807, 2.05) is 0 Å². The molecule has 1 N–H and O–H groups in total. The zero-order chi connectivity index (χ0) is 21.0. The van der Waals surface area contributed by atoms with Crippen LogP contribution >= 0.6 is 23.2 Å². The van der Waals surface area contributed by atoms with Crippen molar-refractivity contribution in [2.45, 2.75) is 12.8 Å². The van der Waals surface area contributed by atoms with Crippen LogP contribution in [0.3, 0.4) is 0 Å². The maximum atomic E-state index is 12.9. The van der Waals surface area contributed by atoms with Gasteiger partial charge in [-0.15, -0.1) is 0 Å². The average molecular weight is 437 g/mol. The Labute approximate surface area is 179 Å². The zero-order valence-corrected chi connectivity index (χ0v) is 17.7. The van der Waals surface area contributed by atoms with Gasteiger partial charge in [0.05, 0.1) is 30.8 Å². The van der Waals surface area contributed by atoms with Gasteiger partial charge in [0.2, 0.25) is 5.91 Å². The van der Waals surface area contributed by atoms with Gasteiger partial charge in [-0.3, -0.25) is 9.59 Å². The number of hydrogen-bond acceptors (Lipinski definition) is 4. The number of rotatable bonds is 5. The monoisotopic (exact) mass is 436 g/mol. The molecule has 1 atom stereocenters. The number of amides is 2. The Morgan fingerprint density at radius 2 is 1.76 bits per heavy atom. The maximum absolute atomic E-state index is 12.9. The molecule has 1 heterocycles. The Morgan fingerprint density at radius 3 is 2.41 bits per heavy atom. The van der Waals surface area contributed by atoms with Crippen LogP contribution in [0.15, 0.2) is 36.4 Å². The highest BCUT2D eigenvalue weighted by Gasteiger charge is 2.29. The number of hydrogen-bond donors (Lipinski definition) is 1. The van der Waals surface area contributed by atoms with Crippen LogP contribution in [0.25, 0.3) is 0 Å². The summed E-state index contributed by atoms with van der Waals surface area (Å²) < 4.78 is 10.5. The molecule has 6 nitrogen and oxygen atoms in total. The molecule has 3 rings (SSSR count). The first-order valence-electron chi connectivity index (χ1n) is 9.20. The summed E-state index contributed by atoms with van der Waals surface area (Å²) in [6, 6.07) is 9.97. The standard InChI is InChI=1S/C21H22Cl2N2O4/c1-28-18-11-17(19(29-2)10-16(18)23)24-20(26)14-4-3-9-25(12-14)21(27)13-5-7-15(22)8-6-13/h5-8,10-11,14H,3-4,9,12H2,1-2H3,(H,24,26). The molecule has 0 saturated carbocycles. The lowest BCUT2D eigenvalue weighted by Gasteiger charge is -2.32. The van der Waals surface area contributed by atoms with E-state index in [-0.39, 0.29) is 17.7 Å². The van der Waals surface area contributed by atoms with E-state index in [0.29, 0.717) is 52.3 Å². The normalized spacial score (nSPS) is 16.3. The number of carbonyl (C=O) groups is 2. The van der Waals surface area contributed by atoms with E-state index in [1.54, 1.807) is 41.3 Å². The zero-order valence-electron chi connectivity index (χ0n) is 16.2. The number of halogens is 2. The van der Waals surface area contributed by atoms with Crippen LogP contribution in [-0.4, -0.2) is 44.0 Å². The molecule has 2 aromatic carbocycles. The Hall–Kier alpha value is -2.44. The molecule has 2 aromatic rings. The van der Waals surface area contributed by atoms with Crippen LogP contribution in [0.2, 0.25) is 10.0 Å². The summed E-state index contributed by atoms with van der Waals surface area (Å²) in [7, 11) is 3.00. The number of carbonyl (C=O) groups excluding carboxylic acids is 2. The van der Waals surface area contributed by atoms with Gasteiger partial charge in [0.15, 0.2) is 0 Å². The average Bonchev–Trinajstić information content (AvgIpc) is 2.74. The summed E-state index contributed by atoms with van der Waals surface area (Å²) in [5.74, 6) is 0.262. The summed E-state index contributed by atoms with van der Waals surface area (Å²) in [5, 5.41) is 3.84. The number of likely N-dealkylation sites (tertiary alicyclic amines) is 1. The molecule has 1 saturated heterocycles. The molecule has 1 unspecified atom stereocenters. The quantitative estimate of drug-likeness (QED) is 0.748. The lowest BCUT2D eigenvalue weighted by atomic mass is 9.96. The topological polar surface area (TPSA) is 67.9 Å². The molecule has 0 aromatic heterocycles. The van der Waals surface area contributed by atoms with Crippen LogP contribution in [0.1, 0.15) is 23.2 Å². The van der Waals surface area contributed by atoms with Crippen LogP contribution in [0.4, 0.5) is 5.69 Å². The second-order valence-corrected chi connectivity index (χ2v) is 7.62. The van der Waals surface area contributed by atoms with Crippen molar-refractivity contribution < 1.29 is 19.1 Å². The fourth-order valence-electron chi connectivity index (χ4n) is 3.34. The van der Waals surface area contributed by atoms with E-state index in [2.05, 4.69) is 5.32 Å². The number of piperidine rings is 1. The van der Waals surface area contributed by atoms with Gasteiger partial charge in [-0.05, 0) is 37.1 Å². The summed E-state index contributed by atoms with van der Waals surface area (Å²) >= 11 is 12.0. The Morgan fingerprint density at radius 1 is 1.07 bits per heavy atom. The van der Waals surface area contributed by atoms with Crippen LogP contribution in [-0.2, 0) is 4.79 Å². The van der Waals surface area contributed by atoms with Gasteiger partial charge in [-0.1, -0.05) is 23.2 Å². The lowest BCUT2D eigenvalue weighted by Crippen LogP contribution is -2.43. The van der Waals surface area contributed by atoms with Crippen molar-refractivity contribution in [3.63, 3.8) is 0 Å². The number of anilines is 1. The van der Waals surface area contributed by atoms with Gasteiger partial charge >= 0.3 is 0 Å². The number of ether oxygens (including phenoxy) is 2. The van der Waals surface area contributed by atoms with E-state index >= 15 is 0 Å². The van der Waals surface area contributed by atoms with Gasteiger partial charge in [-0.25, -0.2) is 0 Å². The largest absolute Gasteiger partial charge is 0.495 e. The van der Waals surface area contributed by atoms with Crippen LogP contribution in [0.5, 0.6) is 11.5 Å². The smallest absolute Gasteiger partial charge is 0.253 e. The van der Waals surface area contributed by atoms with Crippen molar-refractivity contribution in [3.05, 3.63) is 52.0 Å². The lowest BCUT2D eigenvalue weighted by molar-refractivity contribution is -0.121. The second-order valence-electron chi connectivity index (χ2n) is 6.77. The molecule has 154 valence electrons. The first-order valence-corrected chi connectivity index (χ1v) is 9.95. The summed E-state index contributed by atoms with van der Waals surface area (Å²) in [6.45, 7) is 0.962. The van der Waals surface area contributed by atoms with Crippen molar-refractivity contribution in [2.75, 3.05) is 32.6 Å². The molecule has 0 bridgehead atoms. The maximum Gasteiger partial charge on any atom is 0.253 e. The van der Waals surface area contributed by atoms with Gasteiger partial charge in [-0.2, -0.15) is 0 Å². The molecular weight excluding hydrogens is 415 g/mol. The minimum Gasteiger partial charge on any atom is -0.495 e. The third-order valence-corrected chi connectivity index (χ3v) is 5.45. The van der Waals surface area contributed by atoms with Crippen molar-refractivity contribution in [3.8, 4) is 11.5 Å². The highest BCUT2D eigenvalue weighted by molar-refractivity contribution is 6.32. The first-order chi connectivity index (χ1) is 13.9. The third kappa shape index (κ3) is 4.95. The molecule has 0 radical (unpaired) electrons. The number of nitrogens with zero attached hydrogens (tertiary/aromatic N) is 1. The highest BCUT2D eigenvalue weighted by Crippen LogP contribution is 2.36. The molecule has 1 aliphatic heterocycles. The molecular formula is C21H22Cl2N2O4. The Bertz CT molecular complexity index is 902. The van der Waals surface area contributed by atoms with Crippen molar-refractivity contribution in [2.24, 2.45) is 5.92 Å². The minimum atomic E-state index is -0.327. The third-order valence-electron chi connectivity index (χ3n) is 4.90. The molecule has 2 amide bonds. The number of methoxy groups -OCH3 is 2. The fourth-order valence-corrected chi connectivity index (χ4v) is 3.70. The van der Waals surface area contributed by atoms with Crippen LogP contribution in [0, 0.1) is 5.92 Å². The van der Waals surface area contributed by atoms with Gasteiger partial charge in [0, 0.05) is 35.8 Å². The highest BCUT2D eigenvalue weighted by atomic mass is 35.5. The molecule has 1 aliphatic rings. The SMILES string of the molecule is COc1cc(NC(=O)C2CCCN(C(=O)c3ccc(Cl)cc3)C2)c(OC)cc1Cl. The van der Waals surface area contributed by atoms with E-state index < -0.39 is 0 Å². The van der Waals surface area contributed by atoms with E-state index in [1.165, 1.54) is 14.2 Å². The molecule has 29 heavy (non-hydrogen) atoms. The predicted molar refractivity (Wildman–Crippen MR) is 113 cm³/mol. The summed E-state index contributed by atoms with van der Waals surface area (Å²) in [4.78, 5) is 27.3. The van der Waals surface area contributed by atoms with E-state index in [9.17, 15) is 9.59 Å². The van der Waals surface area contributed by atoms with Crippen molar-refractivity contribution in [1.82, 2.24) is 4.90 Å². The van der Waals surface area contributed by atoms with E-state index in [0.717, 1.165) is 6.42 Å². The predicted octanol–water partition coefficient (Wildman–Crippen LogP) is 4.50. The molecule has 0 spiro atoms. The second kappa shape index (κ2) is 9.37. The van der Waals surface area contributed by atoms with Gasteiger partial charge < -0.3 is 19.7 Å². The summed E-state index contributed by atoms with van der Waals surface area (Å²) in [5.41, 5.74) is 1.03. The Kier molecular flexibility index (Phi) is 6.87.